The molecular weight excluding hydrogens is 350 g/mol. The zero-order chi connectivity index (χ0) is 18.4. The van der Waals surface area contributed by atoms with Gasteiger partial charge in [-0.15, -0.1) is 0 Å². The molecule has 2 aliphatic rings. The third-order valence-electron chi connectivity index (χ3n) is 5.16. The van der Waals surface area contributed by atoms with Gasteiger partial charge in [0.2, 0.25) is 15.9 Å². The minimum absolute atomic E-state index is 0.0249. The first-order valence-electron chi connectivity index (χ1n) is 9.69. The molecule has 3 rings (SSSR count). The number of nitrogens with one attached hydrogen (secondary N) is 1. The van der Waals surface area contributed by atoms with Gasteiger partial charge >= 0.3 is 0 Å². The molecular formula is C19H29N3O3S. The van der Waals surface area contributed by atoms with Gasteiger partial charge in [0, 0.05) is 32.6 Å². The number of hydrazine groups is 1. The van der Waals surface area contributed by atoms with Crippen LogP contribution in [0.25, 0.3) is 0 Å². The van der Waals surface area contributed by atoms with Crippen LogP contribution in [0.3, 0.4) is 0 Å². The van der Waals surface area contributed by atoms with E-state index in [4.69, 9.17) is 0 Å². The standard InChI is InChI=1S/C19H29N3O3S/c23-19(20-21-13-3-1-4-14-21)12-9-17-7-10-18(11-8-17)26(24,25)22-15-5-2-6-16-22/h7-8,10-11H,1-6,9,12-16H2,(H,20,23). The number of nitrogens with zero attached hydrogens (tertiary/aromatic N) is 2. The van der Waals surface area contributed by atoms with Crippen molar-refractivity contribution >= 4 is 15.9 Å². The summed E-state index contributed by atoms with van der Waals surface area (Å²) in [7, 11) is -3.38. The average molecular weight is 380 g/mol. The average Bonchev–Trinajstić information content (AvgIpc) is 2.68. The smallest absolute Gasteiger partial charge is 0.243 e. The van der Waals surface area contributed by atoms with E-state index in [2.05, 4.69) is 5.43 Å². The number of sulfonamides is 1. The van der Waals surface area contributed by atoms with Crippen LogP contribution in [0, 0.1) is 0 Å². The summed E-state index contributed by atoms with van der Waals surface area (Å²) in [6.07, 6.45) is 7.50. The monoisotopic (exact) mass is 379 g/mol. The van der Waals surface area contributed by atoms with Crippen LogP contribution in [0.2, 0.25) is 0 Å². The van der Waals surface area contributed by atoms with Crippen molar-refractivity contribution in [3.63, 3.8) is 0 Å². The molecule has 0 atom stereocenters. The lowest BCUT2D eigenvalue weighted by Crippen LogP contribution is -2.45. The first kappa shape index (κ1) is 19.3. The Kier molecular flexibility index (Phi) is 6.67. The Bertz CT molecular complexity index is 691. The van der Waals surface area contributed by atoms with E-state index in [0.29, 0.717) is 30.8 Å². The van der Waals surface area contributed by atoms with Gasteiger partial charge in [0.15, 0.2) is 0 Å². The molecule has 1 N–H and O–H groups in total. The molecule has 0 aromatic heterocycles. The third-order valence-corrected chi connectivity index (χ3v) is 7.07. The molecule has 0 unspecified atom stereocenters. The Morgan fingerprint density at radius 1 is 0.885 bits per heavy atom. The molecule has 2 fully saturated rings. The van der Waals surface area contributed by atoms with Gasteiger partial charge in [0.1, 0.15) is 0 Å². The molecule has 0 bridgehead atoms. The van der Waals surface area contributed by atoms with Crippen LogP contribution in [0.15, 0.2) is 29.2 Å². The number of hydrogen-bond acceptors (Lipinski definition) is 4. The van der Waals surface area contributed by atoms with Crippen molar-refractivity contribution in [1.29, 1.82) is 0 Å². The number of carbonyl (C=O) groups excluding carboxylic acids is 1. The quantitative estimate of drug-likeness (QED) is 0.823. The second kappa shape index (κ2) is 8.97. The maximum Gasteiger partial charge on any atom is 0.243 e. The maximum absolute atomic E-state index is 12.6. The highest BCUT2D eigenvalue weighted by Crippen LogP contribution is 2.21. The van der Waals surface area contributed by atoms with Crippen LogP contribution in [0.4, 0.5) is 0 Å². The molecule has 1 aromatic carbocycles. The van der Waals surface area contributed by atoms with Gasteiger partial charge in [-0.2, -0.15) is 4.31 Å². The highest BCUT2D eigenvalue weighted by Gasteiger charge is 2.25. The molecule has 1 aromatic rings. The van der Waals surface area contributed by atoms with Gasteiger partial charge in [0.25, 0.3) is 0 Å². The summed E-state index contributed by atoms with van der Waals surface area (Å²) in [5, 5.41) is 2.00. The topological polar surface area (TPSA) is 69.7 Å². The van der Waals surface area contributed by atoms with E-state index in [-0.39, 0.29) is 5.91 Å². The number of carbonyl (C=O) groups is 1. The number of benzene rings is 1. The molecule has 6 nitrogen and oxygen atoms in total. The molecule has 26 heavy (non-hydrogen) atoms. The Morgan fingerprint density at radius 2 is 1.46 bits per heavy atom. The highest BCUT2D eigenvalue weighted by molar-refractivity contribution is 7.89. The van der Waals surface area contributed by atoms with Crippen molar-refractivity contribution < 1.29 is 13.2 Å². The predicted molar refractivity (Wildman–Crippen MR) is 101 cm³/mol. The lowest BCUT2D eigenvalue weighted by molar-refractivity contribution is -0.126. The van der Waals surface area contributed by atoms with Crippen molar-refractivity contribution in [2.75, 3.05) is 26.2 Å². The highest BCUT2D eigenvalue weighted by atomic mass is 32.2. The van der Waals surface area contributed by atoms with Gasteiger partial charge in [-0.25, -0.2) is 13.4 Å². The summed E-state index contributed by atoms with van der Waals surface area (Å²) >= 11 is 0. The molecule has 0 saturated carbocycles. The summed E-state index contributed by atoms with van der Waals surface area (Å²) < 4.78 is 26.9. The van der Waals surface area contributed by atoms with E-state index in [1.807, 2.05) is 17.1 Å². The number of piperidine rings is 2. The molecule has 0 aliphatic carbocycles. The van der Waals surface area contributed by atoms with Gasteiger partial charge in [0.05, 0.1) is 4.90 Å². The Balaban J connectivity index is 1.51. The zero-order valence-electron chi connectivity index (χ0n) is 15.3. The van der Waals surface area contributed by atoms with Gasteiger partial charge in [-0.1, -0.05) is 25.0 Å². The summed E-state index contributed by atoms with van der Waals surface area (Å²) in [5.41, 5.74) is 3.94. The number of aryl methyl sites for hydroxylation is 1. The van der Waals surface area contributed by atoms with E-state index in [1.54, 1.807) is 16.4 Å². The summed E-state index contributed by atoms with van der Waals surface area (Å²) in [6.45, 7) is 3.07. The van der Waals surface area contributed by atoms with Gasteiger partial charge in [-0.05, 0) is 49.8 Å². The molecule has 0 radical (unpaired) electrons. The lowest BCUT2D eigenvalue weighted by atomic mass is 10.1. The zero-order valence-corrected chi connectivity index (χ0v) is 16.1. The van der Waals surface area contributed by atoms with Crippen LogP contribution in [0.1, 0.15) is 50.5 Å². The van der Waals surface area contributed by atoms with Crippen molar-refractivity contribution in [1.82, 2.24) is 14.7 Å². The summed E-state index contributed by atoms with van der Waals surface area (Å²) in [5.74, 6) is 0.0249. The van der Waals surface area contributed by atoms with Crippen molar-refractivity contribution in [2.45, 2.75) is 56.3 Å². The first-order chi connectivity index (χ1) is 12.6. The lowest BCUT2D eigenvalue weighted by Gasteiger charge is -2.26. The third kappa shape index (κ3) is 5.05. The second-order valence-corrected chi connectivity index (χ2v) is 9.13. The largest absolute Gasteiger partial charge is 0.289 e. The second-order valence-electron chi connectivity index (χ2n) is 7.19. The number of rotatable bonds is 6. The molecule has 7 heteroatoms. The molecule has 144 valence electrons. The minimum atomic E-state index is -3.38. The summed E-state index contributed by atoms with van der Waals surface area (Å²) in [6, 6.07) is 6.99. The maximum atomic E-state index is 12.6. The van der Waals surface area contributed by atoms with Crippen LogP contribution in [-0.2, 0) is 21.2 Å². The van der Waals surface area contributed by atoms with Crippen LogP contribution >= 0.6 is 0 Å². The van der Waals surface area contributed by atoms with E-state index in [1.165, 1.54) is 6.42 Å². The van der Waals surface area contributed by atoms with Gasteiger partial charge in [-0.3, -0.25) is 10.2 Å². The van der Waals surface area contributed by atoms with Crippen molar-refractivity contribution in [3.8, 4) is 0 Å². The minimum Gasteiger partial charge on any atom is -0.289 e. The van der Waals surface area contributed by atoms with Crippen LogP contribution in [0.5, 0.6) is 0 Å². The van der Waals surface area contributed by atoms with Crippen molar-refractivity contribution in [3.05, 3.63) is 29.8 Å². The normalized spacial score (nSPS) is 20.0. The van der Waals surface area contributed by atoms with E-state index < -0.39 is 10.0 Å². The number of amides is 1. The fraction of sp³-hybridized carbons (Fsp3) is 0.632. The SMILES string of the molecule is O=C(CCc1ccc(S(=O)(=O)N2CCCCC2)cc1)NN1CCCCC1. The molecule has 2 aliphatic heterocycles. The fourth-order valence-corrected chi connectivity index (χ4v) is 5.10. The Morgan fingerprint density at radius 3 is 2.08 bits per heavy atom. The molecule has 1 amide bonds. The molecule has 2 heterocycles. The first-order valence-corrected chi connectivity index (χ1v) is 11.1. The van der Waals surface area contributed by atoms with Crippen LogP contribution < -0.4 is 5.43 Å². The number of hydrogen-bond donors (Lipinski definition) is 1. The van der Waals surface area contributed by atoms with E-state index in [0.717, 1.165) is 50.8 Å². The van der Waals surface area contributed by atoms with E-state index in [9.17, 15) is 13.2 Å². The molecule has 2 saturated heterocycles. The molecule has 0 spiro atoms. The predicted octanol–water partition coefficient (Wildman–Crippen LogP) is 2.31. The van der Waals surface area contributed by atoms with Crippen molar-refractivity contribution in [2.24, 2.45) is 0 Å². The fourth-order valence-electron chi connectivity index (χ4n) is 3.58. The summed E-state index contributed by atoms with van der Waals surface area (Å²) in [4.78, 5) is 12.4. The Labute approximate surface area is 156 Å². The van der Waals surface area contributed by atoms with Gasteiger partial charge < -0.3 is 0 Å². The Hall–Kier alpha value is -1.44. The van der Waals surface area contributed by atoms with Crippen LogP contribution in [-0.4, -0.2) is 49.8 Å². The van der Waals surface area contributed by atoms with E-state index >= 15 is 0 Å².